The number of hydrogen-bond acceptors (Lipinski definition) is 6. The minimum atomic E-state index is -4.62. The zero-order valence-corrected chi connectivity index (χ0v) is 21.8. The van der Waals surface area contributed by atoms with Crippen LogP contribution in [0.1, 0.15) is 40.4 Å². The first-order chi connectivity index (χ1) is 19.0. The molecule has 2 aliphatic rings. The number of ether oxygens (including phenoxy) is 1. The van der Waals surface area contributed by atoms with E-state index in [1.807, 2.05) is 19.9 Å². The molecule has 0 unspecified atom stereocenters. The lowest BCUT2D eigenvalue weighted by atomic mass is 9.67. The first-order valence-corrected chi connectivity index (χ1v) is 12.7. The van der Waals surface area contributed by atoms with Gasteiger partial charge in [0, 0.05) is 40.8 Å². The van der Waals surface area contributed by atoms with E-state index >= 15 is 0 Å². The maximum atomic E-state index is 13.4. The summed E-state index contributed by atoms with van der Waals surface area (Å²) >= 11 is 0. The van der Waals surface area contributed by atoms with Crippen molar-refractivity contribution in [2.75, 3.05) is 30.0 Å². The Hall–Kier alpha value is -4.25. The maximum absolute atomic E-state index is 13.4. The molecule has 0 spiro atoms. The third-order valence-electron chi connectivity index (χ3n) is 7.52. The van der Waals surface area contributed by atoms with Crippen molar-refractivity contribution in [3.63, 3.8) is 0 Å². The van der Waals surface area contributed by atoms with Crippen molar-refractivity contribution in [1.82, 2.24) is 9.97 Å². The summed E-state index contributed by atoms with van der Waals surface area (Å²) in [4.78, 5) is 35.9. The van der Waals surface area contributed by atoms with Gasteiger partial charge in [-0.3, -0.25) is 19.5 Å². The monoisotopic (exact) mass is 552 g/mol. The zero-order chi connectivity index (χ0) is 28.7. The van der Waals surface area contributed by atoms with Crippen molar-refractivity contribution in [3.8, 4) is 11.1 Å². The van der Waals surface area contributed by atoms with E-state index in [0.717, 1.165) is 34.5 Å². The Morgan fingerprint density at radius 2 is 2.02 bits per heavy atom. The molecule has 1 aromatic carbocycles. The molecule has 0 saturated heterocycles. The maximum Gasteiger partial charge on any atom is 0.417 e. The summed E-state index contributed by atoms with van der Waals surface area (Å²) in [5, 5.41) is 12.3. The molecule has 0 bridgehead atoms. The van der Waals surface area contributed by atoms with E-state index in [1.54, 1.807) is 36.7 Å². The summed E-state index contributed by atoms with van der Waals surface area (Å²) in [5.41, 5.74) is 1.75. The number of β-amino-alcohol motifs (C(OH)–C–C–N with tert-alkyl or cyclic N) is 1. The molecule has 0 saturated carbocycles. The minimum Gasteiger partial charge on any atom is -0.501 e. The van der Waals surface area contributed by atoms with Gasteiger partial charge in [-0.2, -0.15) is 13.2 Å². The number of nitrogens with one attached hydrogen (secondary N) is 1. The zero-order valence-electron chi connectivity index (χ0n) is 21.8. The van der Waals surface area contributed by atoms with E-state index in [1.165, 1.54) is 4.90 Å². The lowest BCUT2D eigenvalue weighted by molar-refractivity contribution is -0.137. The summed E-state index contributed by atoms with van der Waals surface area (Å²) in [6, 6.07) is 7.91. The molecule has 0 fully saturated rings. The highest BCUT2D eigenvalue weighted by Crippen LogP contribution is 2.48. The van der Waals surface area contributed by atoms with Crippen molar-refractivity contribution in [3.05, 3.63) is 83.5 Å². The number of fused-ring (bicyclic) bond motifs is 3. The van der Waals surface area contributed by atoms with E-state index < -0.39 is 29.0 Å². The van der Waals surface area contributed by atoms with E-state index in [4.69, 9.17) is 4.74 Å². The number of carbonyl (C=O) groups is 2. The molecule has 3 aromatic rings. The number of hydrogen-bond donors (Lipinski definition) is 2. The number of alkyl halides is 3. The third kappa shape index (κ3) is 4.92. The second-order valence-corrected chi connectivity index (χ2v) is 10.1. The second kappa shape index (κ2) is 10.4. The fourth-order valence-electron chi connectivity index (χ4n) is 5.26. The molecule has 11 heteroatoms. The Kier molecular flexibility index (Phi) is 7.09. The molecular formula is C29H27F3N4O4. The van der Waals surface area contributed by atoms with Gasteiger partial charge < -0.3 is 15.2 Å². The molecule has 2 N–H and O–H groups in total. The van der Waals surface area contributed by atoms with E-state index in [0.29, 0.717) is 30.7 Å². The summed E-state index contributed by atoms with van der Waals surface area (Å²) in [5.74, 6) is -0.901. The Balaban J connectivity index is 1.52. The number of nitrogens with zero attached hydrogens (tertiary/aromatic N) is 3. The summed E-state index contributed by atoms with van der Waals surface area (Å²) in [7, 11) is 0. The van der Waals surface area contributed by atoms with E-state index in [-0.39, 0.29) is 24.6 Å². The SMILES string of the molecule is Cc1ccc(NC(=O)c2cncc(C(F)(F)F)c2)cc1-c1cnc2c(c1)[C@@]1(C)CCOC=C[C@@H]1C(=O)N2CCO. The van der Waals surface area contributed by atoms with Gasteiger partial charge in [0.05, 0.1) is 43.1 Å². The van der Waals surface area contributed by atoms with Crippen LogP contribution in [0.25, 0.3) is 11.1 Å². The average molecular weight is 553 g/mol. The highest BCUT2D eigenvalue weighted by atomic mass is 19.4. The van der Waals surface area contributed by atoms with Gasteiger partial charge in [0.15, 0.2) is 0 Å². The molecule has 208 valence electrons. The van der Waals surface area contributed by atoms with Gasteiger partial charge in [-0.15, -0.1) is 0 Å². The molecule has 2 atom stereocenters. The van der Waals surface area contributed by atoms with E-state index in [2.05, 4.69) is 15.3 Å². The molecule has 2 aliphatic heterocycles. The standard InChI is InChI=1S/C29H27F3N4O4/c1-17-3-4-21(35-26(38)19-11-20(16-33-14-19)29(30,31)32)13-22(17)18-12-24-25(34-15-18)36(7-8-37)27(39)23-5-9-40-10-6-28(23,24)2/h3-5,9,11-16,23,37H,6-8,10H2,1-2H3,(H,35,38)/t23-,28+/m1/s1. The third-order valence-corrected chi connectivity index (χ3v) is 7.52. The smallest absolute Gasteiger partial charge is 0.417 e. The van der Waals surface area contributed by atoms with Gasteiger partial charge in [0.25, 0.3) is 5.91 Å². The number of aromatic nitrogens is 2. The number of anilines is 2. The predicted molar refractivity (Wildman–Crippen MR) is 142 cm³/mol. The Morgan fingerprint density at radius 3 is 2.77 bits per heavy atom. The van der Waals surface area contributed by atoms with Crippen molar-refractivity contribution in [2.24, 2.45) is 5.92 Å². The highest BCUT2D eigenvalue weighted by molar-refractivity contribution is 6.04. The van der Waals surface area contributed by atoms with Crippen LogP contribution in [0.2, 0.25) is 0 Å². The number of rotatable bonds is 5. The van der Waals surface area contributed by atoms with Crippen molar-refractivity contribution >= 4 is 23.3 Å². The van der Waals surface area contributed by atoms with Crippen molar-refractivity contribution in [1.29, 1.82) is 0 Å². The summed E-state index contributed by atoms with van der Waals surface area (Å²) in [6.45, 7) is 4.20. The van der Waals surface area contributed by atoms with Crippen LogP contribution in [0.5, 0.6) is 0 Å². The molecule has 0 aliphatic carbocycles. The van der Waals surface area contributed by atoms with Gasteiger partial charge in [-0.25, -0.2) is 4.98 Å². The fraction of sp³-hybridized carbons (Fsp3) is 0.310. The van der Waals surface area contributed by atoms with Gasteiger partial charge in [0.2, 0.25) is 5.91 Å². The summed E-state index contributed by atoms with van der Waals surface area (Å²) < 4.78 is 44.8. The van der Waals surface area contributed by atoms with Crippen LogP contribution in [0, 0.1) is 12.8 Å². The van der Waals surface area contributed by atoms with Crippen LogP contribution in [0.4, 0.5) is 24.7 Å². The van der Waals surface area contributed by atoms with Crippen molar-refractivity contribution in [2.45, 2.75) is 31.9 Å². The largest absolute Gasteiger partial charge is 0.501 e. The fourth-order valence-corrected chi connectivity index (χ4v) is 5.26. The number of benzene rings is 1. The van der Waals surface area contributed by atoms with Crippen LogP contribution in [-0.4, -0.2) is 46.6 Å². The van der Waals surface area contributed by atoms with Gasteiger partial charge in [-0.1, -0.05) is 13.0 Å². The van der Waals surface area contributed by atoms with Crippen molar-refractivity contribution < 1.29 is 32.6 Å². The topological polar surface area (TPSA) is 105 Å². The molecule has 5 rings (SSSR count). The first-order valence-electron chi connectivity index (χ1n) is 12.7. The highest BCUT2D eigenvalue weighted by Gasteiger charge is 2.48. The number of aryl methyl sites for hydroxylation is 1. The molecular weight excluding hydrogens is 525 g/mol. The molecule has 0 radical (unpaired) electrons. The van der Waals surface area contributed by atoms with Gasteiger partial charge >= 0.3 is 6.18 Å². The van der Waals surface area contributed by atoms with E-state index in [9.17, 15) is 27.9 Å². The lowest BCUT2D eigenvalue weighted by Crippen LogP contribution is -2.51. The number of pyridine rings is 2. The number of carbonyl (C=O) groups excluding carboxylic acids is 2. The van der Waals surface area contributed by atoms with Gasteiger partial charge in [0.1, 0.15) is 5.82 Å². The van der Waals surface area contributed by atoms with Crippen LogP contribution < -0.4 is 10.2 Å². The number of aliphatic hydroxyl groups excluding tert-OH is 1. The normalized spacial score (nSPS) is 20.3. The number of halogens is 3. The van der Waals surface area contributed by atoms with Gasteiger partial charge in [-0.05, 0) is 54.8 Å². The average Bonchev–Trinajstić information content (AvgIpc) is 3.14. The minimum absolute atomic E-state index is 0.102. The molecule has 4 heterocycles. The molecule has 40 heavy (non-hydrogen) atoms. The molecule has 8 nitrogen and oxygen atoms in total. The molecule has 2 amide bonds. The Morgan fingerprint density at radius 1 is 1.23 bits per heavy atom. The second-order valence-electron chi connectivity index (χ2n) is 10.1. The Bertz CT molecular complexity index is 1510. The Labute approximate surface area is 228 Å². The van der Waals surface area contributed by atoms with Crippen LogP contribution in [-0.2, 0) is 21.1 Å². The lowest BCUT2D eigenvalue weighted by Gasteiger charge is -2.43. The van der Waals surface area contributed by atoms with Crippen LogP contribution in [0.3, 0.4) is 0 Å². The van der Waals surface area contributed by atoms with Crippen LogP contribution in [0.15, 0.2) is 61.3 Å². The number of aliphatic hydroxyl groups is 1. The molecule has 2 aromatic heterocycles. The quantitative estimate of drug-likeness (QED) is 0.468. The first kappa shape index (κ1) is 27.3. The van der Waals surface area contributed by atoms with Crippen LogP contribution >= 0.6 is 0 Å². The summed E-state index contributed by atoms with van der Waals surface area (Å²) in [6.07, 6.45) is 2.62. The predicted octanol–water partition coefficient (Wildman–Crippen LogP) is 4.87. The number of amides is 2.